The minimum atomic E-state index is -4.33. The Balaban J connectivity index is 1.66. The van der Waals surface area contributed by atoms with Crippen LogP contribution in [-0.2, 0) is 19.3 Å². The molecule has 0 N–H and O–H groups in total. The molecule has 0 spiro atoms. The van der Waals surface area contributed by atoms with Crippen LogP contribution < -0.4 is 4.74 Å². The fraction of sp³-hybridized carbons (Fsp3) is 0.250. The summed E-state index contributed by atoms with van der Waals surface area (Å²) in [5, 5.41) is 6.60. The first-order valence-corrected chi connectivity index (χ1v) is 8.11. The van der Waals surface area contributed by atoms with Gasteiger partial charge in [0.05, 0.1) is 23.7 Å². The van der Waals surface area contributed by atoms with E-state index in [2.05, 4.69) is 10.1 Å². The summed E-state index contributed by atoms with van der Waals surface area (Å²) < 4.78 is 45.1. The largest absolute Gasteiger partial charge is 0.484 e. The molecule has 0 saturated carbocycles. The van der Waals surface area contributed by atoms with E-state index in [0.29, 0.717) is 16.3 Å². The third-order valence-electron chi connectivity index (χ3n) is 3.33. The zero-order valence-electron chi connectivity index (χ0n) is 12.7. The Morgan fingerprint density at radius 2 is 1.96 bits per heavy atom. The van der Waals surface area contributed by atoms with Crippen LogP contribution in [0.3, 0.4) is 0 Å². The summed E-state index contributed by atoms with van der Waals surface area (Å²) in [6.45, 7) is 3.03. The van der Waals surface area contributed by atoms with Crippen LogP contribution in [0, 0.1) is 0 Å². The maximum absolute atomic E-state index is 12.6. The Morgan fingerprint density at radius 1 is 1.21 bits per heavy atom. The standard InChI is InChI=1S/C16H14F3N3OS/c1-2-22-8-14(7-20-22)23-9-13-10-24-15(21-13)11-3-5-12(6-4-11)16(17,18)19/h3-8,10H,2,9H2,1H3. The van der Waals surface area contributed by atoms with Gasteiger partial charge in [0.25, 0.3) is 0 Å². The Labute approximate surface area is 140 Å². The number of thiazole rings is 1. The molecule has 0 bridgehead atoms. The first-order valence-electron chi connectivity index (χ1n) is 7.23. The molecule has 3 aromatic rings. The van der Waals surface area contributed by atoms with Crippen molar-refractivity contribution in [3.8, 4) is 16.3 Å². The molecule has 0 atom stereocenters. The van der Waals surface area contributed by atoms with E-state index in [0.717, 1.165) is 24.4 Å². The number of aryl methyl sites for hydroxylation is 1. The van der Waals surface area contributed by atoms with Crippen molar-refractivity contribution in [2.45, 2.75) is 26.3 Å². The first-order chi connectivity index (χ1) is 11.5. The third kappa shape index (κ3) is 3.76. The highest BCUT2D eigenvalue weighted by molar-refractivity contribution is 7.13. The van der Waals surface area contributed by atoms with Crippen molar-refractivity contribution in [2.24, 2.45) is 0 Å². The SMILES string of the molecule is CCn1cc(OCc2csc(-c3ccc(C(F)(F)F)cc3)n2)cn1. The molecule has 0 amide bonds. The van der Waals surface area contributed by atoms with Gasteiger partial charge in [-0.2, -0.15) is 18.3 Å². The summed E-state index contributed by atoms with van der Waals surface area (Å²) in [6, 6.07) is 4.98. The van der Waals surface area contributed by atoms with Gasteiger partial charge in [0.15, 0.2) is 5.75 Å². The van der Waals surface area contributed by atoms with Gasteiger partial charge < -0.3 is 4.74 Å². The molecule has 0 unspecified atom stereocenters. The minimum Gasteiger partial charge on any atom is -0.484 e. The summed E-state index contributed by atoms with van der Waals surface area (Å²) in [5.41, 5.74) is 0.705. The predicted octanol–water partition coefficient (Wildman–Crippen LogP) is 4.62. The molecule has 24 heavy (non-hydrogen) atoms. The van der Waals surface area contributed by atoms with Gasteiger partial charge in [-0.25, -0.2) is 4.98 Å². The molecule has 2 aromatic heterocycles. The lowest BCUT2D eigenvalue weighted by Crippen LogP contribution is -2.03. The molecule has 2 heterocycles. The van der Waals surface area contributed by atoms with Crippen LogP contribution in [0.25, 0.3) is 10.6 Å². The number of alkyl halides is 3. The Morgan fingerprint density at radius 3 is 2.58 bits per heavy atom. The van der Waals surface area contributed by atoms with E-state index < -0.39 is 11.7 Å². The van der Waals surface area contributed by atoms with Gasteiger partial charge in [-0.05, 0) is 19.1 Å². The number of rotatable bonds is 5. The van der Waals surface area contributed by atoms with E-state index in [1.807, 2.05) is 12.3 Å². The number of benzene rings is 1. The second-order valence-electron chi connectivity index (χ2n) is 5.04. The van der Waals surface area contributed by atoms with Gasteiger partial charge in [-0.15, -0.1) is 11.3 Å². The average Bonchev–Trinajstić information content (AvgIpc) is 3.21. The molecule has 8 heteroatoms. The normalized spacial score (nSPS) is 11.7. The molecular formula is C16H14F3N3OS. The van der Waals surface area contributed by atoms with Gasteiger partial charge in [0, 0.05) is 17.5 Å². The van der Waals surface area contributed by atoms with Gasteiger partial charge in [0.2, 0.25) is 0 Å². The van der Waals surface area contributed by atoms with Gasteiger partial charge in [0.1, 0.15) is 11.6 Å². The molecule has 0 radical (unpaired) electrons. The first kappa shape index (κ1) is 16.5. The molecular weight excluding hydrogens is 339 g/mol. The maximum Gasteiger partial charge on any atom is 0.416 e. The van der Waals surface area contributed by atoms with Gasteiger partial charge in [-0.3, -0.25) is 4.68 Å². The number of hydrogen-bond donors (Lipinski definition) is 0. The molecule has 3 rings (SSSR count). The van der Waals surface area contributed by atoms with Crippen molar-refractivity contribution >= 4 is 11.3 Å². The van der Waals surface area contributed by atoms with Crippen LogP contribution in [-0.4, -0.2) is 14.8 Å². The lowest BCUT2D eigenvalue weighted by Gasteiger charge is -2.06. The summed E-state index contributed by atoms with van der Waals surface area (Å²) in [7, 11) is 0. The van der Waals surface area contributed by atoms with Crippen molar-refractivity contribution in [2.75, 3.05) is 0 Å². The predicted molar refractivity (Wildman–Crippen MR) is 84.8 cm³/mol. The highest BCUT2D eigenvalue weighted by Gasteiger charge is 2.30. The molecule has 0 fully saturated rings. The average molecular weight is 353 g/mol. The number of hydrogen-bond acceptors (Lipinski definition) is 4. The zero-order chi connectivity index (χ0) is 17.2. The van der Waals surface area contributed by atoms with E-state index >= 15 is 0 Å². The zero-order valence-corrected chi connectivity index (χ0v) is 13.6. The molecule has 0 aliphatic rings. The second kappa shape index (κ2) is 6.64. The monoisotopic (exact) mass is 353 g/mol. The van der Waals surface area contributed by atoms with Crippen LogP contribution in [0.15, 0.2) is 42.0 Å². The summed E-state index contributed by atoms with van der Waals surface area (Å²) in [5.74, 6) is 0.654. The number of nitrogens with zero attached hydrogens (tertiary/aromatic N) is 3. The highest BCUT2D eigenvalue weighted by atomic mass is 32.1. The smallest absolute Gasteiger partial charge is 0.416 e. The van der Waals surface area contributed by atoms with Crippen molar-refractivity contribution < 1.29 is 17.9 Å². The van der Waals surface area contributed by atoms with E-state index in [-0.39, 0.29) is 6.61 Å². The Bertz CT molecular complexity index is 809. The number of halogens is 3. The quantitative estimate of drug-likeness (QED) is 0.672. The molecule has 4 nitrogen and oxygen atoms in total. The molecule has 1 aromatic carbocycles. The van der Waals surface area contributed by atoms with Crippen molar-refractivity contribution in [1.82, 2.24) is 14.8 Å². The van der Waals surface area contributed by atoms with Gasteiger partial charge >= 0.3 is 6.18 Å². The van der Waals surface area contributed by atoms with Crippen molar-refractivity contribution in [1.29, 1.82) is 0 Å². The van der Waals surface area contributed by atoms with Crippen LogP contribution in [0.2, 0.25) is 0 Å². The van der Waals surface area contributed by atoms with Crippen LogP contribution in [0.1, 0.15) is 18.2 Å². The third-order valence-corrected chi connectivity index (χ3v) is 4.27. The molecule has 0 saturated heterocycles. The van der Waals surface area contributed by atoms with E-state index in [1.165, 1.54) is 23.5 Å². The Kier molecular flexibility index (Phi) is 4.57. The minimum absolute atomic E-state index is 0.284. The highest BCUT2D eigenvalue weighted by Crippen LogP contribution is 2.31. The fourth-order valence-electron chi connectivity index (χ4n) is 2.06. The lowest BCUT2D eigenvalue weighted by molar-refractivity contribution is -0.137. The van der Waals surface area contributed by atoms with Crippen LogP contribution in [0.5, 0.6) is 5.75 Å². The van der Waals surface area contributed by atoms with Gasteiger partial charge in [-0.1, -0.05) is 12.1 Å². The van der Waals surface area contributed by atoms with Crippen LogP contribution in [0.4, 0.5) is 13.2 Å². The maximum atomic E-state index is 12.6. The number of ether oxygens (including phenoxy) is 1. The molecule has 0 aliphatic heterocycles. The topological polar surface area (TPSA) is 39.9 Å². The second-order valence-corrected chi connectivity index (χ2v) is 5.90. The van der Waals surface area contributed by atoms with E-state index in [4.69, 9.17) is 4.74 Å². The number of aromatic nitrogens is 3. The lowest BCUT2D eigenvalue weighted by atomic mass is 10.1. The molecule has 126 valence electrons. The molecule has 0 aliphatic carbocycles. The summed E-state index contributed by atoms with van der Waals surface area (Å²) >= 11 is 1.37. The van der Waals surface area contributed by atoms with E-state index in [9.17, 15) is 13.2 Å². The van der Waals surface area contributed by atoms with Crippen molar-refractivity contribution in [3.05, 3.63) is 53.3 Å². The van der Waals surface area contributed by atoms with E-state index in [1.54, 1.807) is 17.1 Å². The summed E-state index contributed by atoms with van der Waals surface area (Å²) in [4.78, 5) is 4.40. The fourth-order valence-corrected chi connectivity index (χ4v) is 2.87. The van der Waals surface area contributed by atoms with Crippen LogP contribution >= 0.6 is 11.3 Å². The summed E-state index contributed by atoms with van der Waals surface area (Å²) in [6.07, 6.45) is -0.904. The van der Waals surface area contributed by atoms with Crippen molar-refractivity contribution in [3.63, 3.8) is 0 Å². The Hall–Kier alpha value is -2.35.